The Morgan fingerprint density at radius 2 is 1.76 bits per heavy atom. The molecular weight excluding hydrogens is 420 g/mol. The van der Waals surface area contributed by atoms with E-state index in [1.54, 1.807) is 6.92 Å². The number of cyclic esters (lactones) is 2. The molecule has 6 aliphatic carbocycles. The monoisotopic (exact) mass is 452 g/mol. The van der Waals surface area contributed by atoms with Gasteiger partial charge in [-0.25, -0.2) is 0 Å². The second-order valence-corrected chi connectivity index (χ2v) is 11.9. The van der Waals surface area contributed by atoms with Crippen LogP contribution < -0.4 is 0 Å². The van der Waals surface area contributed by atoms with Crippen molar-refractivity contribution in [1.29, 1.82) is 0 Å². The molecule has 0 radical (unpaired) electrons. The van der Waals surface area contributed by atoms with Crippen molar-refractivity contribution in [2.75, 3.05) is 0 Å². The lowest BCUT2D eigenvalue weighted by molar-refractivity contribution is -0.175. The Hall–Kier alpha value is -2.24. The summed E-state index contributed by atoms with van der Waals surface area (Å²) in [6.07, 6.45) is 11.0. The van der Waals surface area contributed by atoms with E-state index in [2.05, 4.69) is 32.1 Å². The molecule has 6 nitrogen and oxygen atoms in total. The highest BCUT2D eigenvalue weighted by Crippen LogP contribution is 2.80. The van der Waals surface area contributed by atoms with E-state index < -0.39 is 34.6 Å². The van der Waals surface area contributed by atoms with E-state index >= 15 is 0 Å². The fraction of sp³-hybridized carbons (Fsp3) is 0.704. The zero-order valence-electron chi connectivity index (χ0n) is 19.8. The van der Waals surface area contributed by atoms with Gasteiger partial charge in [-0.2, -0.15) is 0 Å². The Kier molecular flexibility index (Phi) is 4.03. The van der Waals surface area contributed by atoms with Gasteiger partial charge in [0, 0.05) is 23.7 Å². The Morgan fingerprint density at radius 1 is 1.03 bits per heavy atom. The molecule has 176 valence electrons. The minimum Gasteiger partial charge on any atom is -0.463 e. The normalized spacial score (nSPS) is 51.2. The van der Waals surface area contributed by atoms with Crippen LogP contribution in [0.3, 0.4) is 0 Å². The average Bonchev–Trinajstić information content (AvgIpc) is 3.25. The first kappa shape index (κ1) is 21.3. The first-order chi connectivity index (χ1) is 15.5. The number of allylic oxidation sites excluding steroid dienone is 4. The molecule has 33 heavy (non-hydrogen) atoms. The second kappa shape index (κ2) is 6.25. The molecule has 0 amide bonds. The summed E-state index contributed by atoms with van der Waals surface area (Å²) in [7, 11) is 0. The summed E-state index contributed by atoms with van der Waals surface area (Å²) in [5.74, 6) is -2.02. The Bertz CT molecular complexity index is 1070. The zero-order valence-corrected chi connectivity index (χ0v) is 19.8. The molecule has 3 saturated carbocycles. The van der Waals surface area contributed by atoms with Crippen LogP contribution in [-0.2, 0) is 28.7 Å². The second-order valence-electron chi connectivity index (χ2n) is 11.9. The Balaban J connectivity index is 1.58. The molecular formula is C27H32O6. The van der Waals surface area contributed by atoms with Crippen LogP contribution in [0.5, 0.6) is 0 Å². The van der Waals surface area contributed by atoms with Gasteiger partial charge >= 0.3 is 17.9 Å². The Labute approximate surface area is 194 Å². The number of rotatable bonds is 2. The third-order valence-electron chi connectivity index (χ3n) is 10.9. The van der Waals surface area contributed by atoms with Crippen LogP contribution in [0.4, 0.5) is 0 Å². The average molecular weight is 453 g/mol. The van der Waals surface area contributed by atoms with Crippen LogP contribution in [-0.4, -0.2) is 29.8 Å². The largest absolute Gasteiger partial charge is 0.463 e. The van der Waals surface area contributed by atoms with Gasteiger partial charge in [0.15, 0.2) is 0 Å². The summed E-state index contributed by atoms with van der Waals surface area (Å²) in [5.41, 5.74) is -0.495. The van der Waals surface area contributed by atoms with Gasteiger partial charge in [0.05, 0.1) is 11.8 Å². The number of carbonyl (C=O) groups is 4. The minimum atomic E-state index is -0.612. The van der Waals surface area contributed by atoms with Gasteiger partial charge in [-0.05, 0) is 62.2 Å². The SMILES string of the molecule is CC(=O)O[C@@H]1CC[C@]2(C)C3=CC[C@]4(C)[C@H](C(C)=O)CC[C@@H]4[C@@]34C=C[C@@]2(C1)[C@@H]1C(=O)OC(=O)[C@H]14. The molecule has 0 unspecified atom stereocenters. The number of hydrogen-bond donors (Lipinski definition) is 0. The number of hydrogen-bond acceptors (Lipinski definition) is 6. The molecule has 1 heterocycles. The lowest BCUT2D eigenvalue weighted by Gasteiger charge is -2.71. The van der Waals surface area contributed by atoms with Crippen LogP contribution >= 0.6 is 0 Å². The molecule has 4 fully saturated rings. The van der Waals surface area contributed by atoms with Crippen molar-refractivity contribution in [3.05, 3.63) is 23.8 Å². The fourth-order valence-electron chi connectivity index (χ4n) is 9.75. The maximum absolute atomic E-state index is 13.3. The molecule has 9 atom stereocenters. The predicted octanol–water partition coefficient (Wildman–Crippen LogP) is 3.93. The van der Waals surface area contributed by atoms with E-state index in [4.69, 9.17) is 9.47 Å². The predicted molar refractivity (Wildman–Crippen MR) is 117 cm³/mol. The van der Waals surface area contributed by atoms with Crippen LogP contribution in [0.1, 0.15) is 66.2 Å². The third-order valence-corrected chi connectivity index (χ3v) is 10.9. The summed E-state index contributed by atoms with van der Waals surface area (Å²) < 4.78 is 11.0. The van der Waals surface area contributed by atoms with Gasteiger partial charge in [0.25, 0.3) is 0 Å². The summed E-state index contributed by atoms with van der Waals surface area (Å²) in [6, 6.07) is 0. The summed E-state index contributed by atoms with van der Waals surface area (Å²) in [5, 5.41) is 0. The molecule has 2 bridgehead atoms. The summed E-state index contributed by atoms with van der Waals surface area (Å²) in [4.78, 5) is 51.0. The zero-order chi connectivity index (χ0) is 23.6. The van der Waals surface area contributed by atoms with Crippen LogP contribution in [0, 0.1) is 45.3 Å². The number of Topliss-reactive ketones (excluding diaryl/α,β-unsaturated/α-hetero) is 1. The summed E-state index contributed by atoms with van der Waals surface area (Å²) >= 11 is 0. The molecule has 7 aliphatic rings. The number of fused-ring (bicyclic) bond motifs is 1. The highest BCUT2D eigenvalue weighted by atomic mass is 16.6. The maximum atomic E-state index is 13.3. The van der Waals surface area contributed by atoms with Crippen molar-refractivity contribution in [2.24, 2.45) is 45.3 Å². The van der Waals surface area contributed by atoms with Gasteiger partial charge in [0.2, 0.25) is 0 Å². The van der Waals surface area contributed by atoms with Crippen molar-refractivity contribution in [3.8, 4) is 0 Å². The van der Waals surface area contributed by atoms with Gasteiger partial charge < -0.3 is 9.47 Å². The number of esters is 3. The highest BCUT2D eigenvalue weighted by Gasteiger charge is 2.79. The quantitative estimate of drug-likeness (QED) is 0.358. The van der Waals surface area contributed by atoms with E-state index in [0.717, 1.165) is 32.1 Å². The lowest BCUT2D eigenvalue weighted by atomic mass is 9.31. The highest BCUT2D eigenvalue weighted by molar-refractivity contribution is 5.99. The van der Waals surface area contributed by atoms with Crippen LogP contribution in [0.2, 0.25) is 0 Å². The van der Waals surface area contributed by atoms with Crippen LogP contribution in [0.15, 0.2) is 23.8 Å². The molecule has 1 aliphatic heterocycles. The molecule has 0 aromatic carbocycles. The number of carbonyl (C=O) groups excluding carboxylic acids is 4. The van der Waals surface area contributed by atoms with Crippen molar-refractivity contribution >= 4 is 23.7 Å². The first-order valence-electron chi connectivity index (χ1n) is 12.4. The van der Waals surface area contributed by atoms with E-state index in [9.17, 15) is 19.2 Å². The van der Waals surface area contributed by atoms with E-state index in [1.807, 2.05) is 0 Å². The Morgan fingerprint density at radius 3 is 2.45 bits per heavy atom. The molecule has 0 aromatic rings. The summed E-state index contributed by atoms with van der Waals surface area (Å²) in [6.45, 7) is 7.55. The fourth-order valence-corrected chi connectivity index (χ4v) is 9.75. The molecule has 0 N–H and O–H groups in total. The maximum Gasteiger partial charge on any atom is 0.318 e. The van der Waals surface area contributed by atoms with Gasteiger partial charge in [0.1, 0.15) is 11.9 Å². The van der Waals surface area contributed by atoms with E-state index in [0.29, 0.717) is 6.42 Å². The number of ether oxygens (including phenoxy) is 2. The van der Waals surface area contributed by atoms with Crippen molar-refractivity contribution in [1.82, 2.24) is 0 Å². The van der Waals surface area contributed by atoms with E-state index in [-0.39, 0.29) is 40.5 Å². The van der Waals surface area contributed by atoms with Gasteiger partial charge in [-0.3, -0.25) is 19.2 Å². The third kappa shape index (κ3) is 2.21. The van der Waals surface area contributed by atoms with Crippen molar-refractivity contribution < 1.29 is 28.7 Å². The first-order valence-corrected chi connectivity index (χ1v) is 12.4. The standard InChI is InChI=1S/C27H32O6/c1-14(28)17-5-6-18-24(17,3)9-8-19-25(4)10-7-16(32-15(2)29)13-26(25)11-12-27(18,19)21-20(26)22(30)33-23(21)31/h8,11-12,16-18,20-21H,5-7,9-10,13H2,1-4H3/t16-,17+,18+,20+,21+,24-,25-,26-,27+/m1/s1. The molecule has 1 saturated heterocycles. The van der Waals surface area contributed by atoms with Crippen LogP contribution in [0.25, 0.3) is 0 Å². The number of ketones is 1. The smallest absolute Gasteiger partial charge is 0.318 e. The lowest BCUT2D eigenvalue weighted by Crippen LogP contribution is -2.69. The van der Waals surface area contributed by atoms with Gasteiger partial charge in [-0.1, -0.05) is 37.6 Å². The molecule has 6 heteroatoms. The van der Waals surface area contributed by atoms with Crippen molar-refractivity contribution in [2.45, 2.75) is 72.3 Å². The molecule has 2 spiro atoms. The van der Waals surface area contributed by atoms with Crippen molar-refractivity contribution in [3.63, 3.8) is 0 Å². The van der Waals surface area contributed by atoms with Gasteiger partial charge in [-0.15, -0.1) is 0 Å². The minimum absolute atomic E-state index is 0.0317. The topological polar surface area (TPSA) is 86.7 Å². The molecule has 7 rings (SSSR count). The molecule has 0 aromatic heterocycles. The van der Waals surface area contributed by atoms with E-state index in [1.165, 1.54) is 12.5 Å².